The van der Waals surface area contributed by atoms with Gasteiger partial charge in [0, 0.05) is 17.1 Å². The van der Waals surface area contributed by atoms with Gasteiger partial charge in [0.25, 0.3) is 0 Å². The quantitative estimate of drug-likeness (QED) is 0.905. The van der Waals surface area contributed by atoms with Crippen LogP contribution in [-0.2, 0) is 4.74 Å². The topological polar surface area (TPSA) is 21.3 Å². The largest absolute Gasteiger partial charge is 0.371 e. The zero-order valence-corrected chi connectivity index (χ0v) is 13.0. The van der Waals surface area contributed by atoms with Crippen molar-refractivity contribution in [1.29, 1.82) is 0 Å². The first-order valence-electron chi connectivity index (χ1n) is 6.63. The van der Waals surface area contributed by atoms with E-state index in [9.17, 15) is 0 Å². The molecule has 0 aliphatic carbocycles. The Morgan fingerprint density at radius 1 is 1.50 bits per heavy atom. The normalized spacial score (nSPS) is 24.1. The molecule has 2 atom stereocenters. The van der Waals surface area contributed by atoms with E-state index < -0.39 is 0 Å². The number of benzene rings is 1. The summed E-state index contributed by atoms with van der Waals surface area (Å²) in [5.74, 6) is 0. The Labute approximate surface area is 118 Å². The summed E-state index contributed by atoms with van der Waals surface area (Å²) in [7, 11) is 0. The third-order valence-corrected chi connectivity index (χ3v) is 4.05. The van der Waals surface area contributed by atoms with Crippen LogP contribution in [-0.4, -0.2) is 18.2 Å². The van der Waals surface area contributed by atoms with Gasteiger partial charge in [-0.25, -0.2) is 0 Å². The van der Waals surface area contributed by atoms with Crippen LogP contribution in [0.2, 0.25) is 0 Å². The van der Waals surface area contributed by atoms with Crippen LogP contribution in [0.4, 0.5) is 0 Å². The molecule has 1 heterocycles. The second kappa shape index (κ2) is 5.72. The maximum Gasteiger partial charge on any atom is 0.0708 e. The summed E-state index contributed by atoms with van der Waals surface area (Å²) in [4.78, 5) is 0. The Bertz CT molecular complexity index is 405. The van der Waals surface area contributed by atoms with Gasteiger partial charge in [0.15, 0.2) is 0 Å². The summed E-state index contributed by atoms with van der Waals surface area (Å²) < 4.78 is 7.12. The summed E-state index contributed by atoms with van der Waals surface area (Å²) in [5.41, 5.74) is 1.37. The molecule has 1 N–H and O–H groups in total. The molecule has 1 fully saturated rings. The van der Waals surface area contributed by atoms with Crippen LogP contribution < -0.4 is 5.32 Å². The van der Waals surface area contributed by atoms with E-state index in [1.54, 1.807) is 0 Å². The fraction of sp³-hybridized carbons (Fsp3) is 0.600. The third-order valence-electron chi connectivity index (χ3n) is 3.55. The van der Waals surface area contributed by atoms with Crippen LogP contribution in [0.1, 0.15) is 45.2 Å². The molecule has 3 heteroatoms. The predicted octanol–water partition coefficient (Wildman–Crippen LogP) is 4.06. The summed E-state index contributed by atoms with van der Waals surface area (Å²) in [6, 6.07) is 8.81. The standard InChI is InChI=1S/C15H22BrNO/c1-11(12-5-4-6-13(16)9-12)17-10-14-7-8-15(2,3)18-14/h4-6,9,11,14,17H,7-8,10H2,1-3H3/t11-,14?/m1/s1. The average molecular weight is 312 g/mol. The highest BCUT2D eigenvalue weighted by atomic mass is 79.9. The molecule has 1 aromatic rings. The second-order valence-corrected chi connectivity index (χ2v) is 6.64. The van der Waals surface area contributed by atoms with Gasteiger partial charge in [-0.2, -0.15) is 0 Å². The van der Waals surface area contributed by atoms with Gasteiger partial charge in [0.05, 0.1) is 11.7 Å². The molecule has 0 spiro atoms. The number of nitrogens with one attached hydrogen (secondary N) is 1. The first kappa shape index (κ1) is 14.0. The van der Waals surface area contributed by atoms with Crippen molar-refractivity contribution >= 4 is 15.9 Å². The Morgan fingerprint density at radius 3 is 2.89 bits per heavy atom. The van der Waals surface area contributed by atoms with E-state index in [0.29, 0.717) is 12.1 Å². The molecule has 1 aliphatic rings. The lowest BCUT2D eigenvalue weighted by molar-refractivity contribution is -0.0150. The molecule has 1 aliphatic heterocycles. The number of ether oxygens (including phenoxy) is 1. The maximum absolute atomic E-state index is 5.99. The molecule has 2 rings (SSSR count). The molecule has 2 nitrogen and oxygen atoms in total. The molecule has 18 heavy (non-hydrogen) atoms. The Kier molecular flexibility index (Phi) is 4.46. The fourth-order valence-electron chi connectivity index (χ4n) is 2.42. The van der Waals surface area contributed by atoms with Gasteiger partial charge in [-0.1, -0.05) is 28.1 Å². The molecule has 1 aromatic carbocycles. The molecule has 0 aromatic heterocycles. The number of halogens is 1. The van der Waals surface area contributed by atoms with Gasteiger partial charge in [-0.3, -0.25) is 0 Å². The van der Waals surface area contributed by atoms with Gasteiger partial charge < -0.3 is 10.1 Å². The molecule has 0 saturated carbocycles. The van der Waals surface area contributed by atoms with Crippen molar-refractivity contribution in [1.82, 2.24) is 5.32 Å². The zero-order valence-electron chi connectivity index (χ0n) is 11.4. The molecule has 1 saturated heterocycles. The predicted molar refractivity (Wildman–Crippen MR) is 78.7 cm³/mol. The minimum Gasteiger partial charge on any atom is -0.371 e. The van der Waals surface area contributed by atoms with Crippen molar-refractivity contribution in [3.63, 3.8) is 0 Å². The molecule has 0 bridgehead atoms. The Balaban J connectivity index is 1.84. The Hall–Kier alpha value is -0.380. The van der Waals surface area contributed by atoms with Crippen LogP contribution >= 0.6 is 15.9 Å². The summed E-state index contributed by atoms with van der Waals surface area (Å²) in [6.07, 6.45) is 2.67. The minimum absolute atomic E-state index is 0.0609. The maximum atomic E-state index is 5.99. The van der Waals surface area contributed by atoms with E-state index in [1.165, 1.54) is 5.56 Å². The van der Waals surface area contributed by atoms with E-state index in [0.717, 1.165) is 23.9 Å². The van der Waals surface area contributed by atoms with Crippen LogP contribution in [0.15, 0.2) is 28.7 Å². The van der Waals surface area contributed by atoms with E-state index in [-0.39, 0.29) is 5.60 Å². The monoisotopic (exact) mass is 311 g/mol. The highest BCUT2D eigenvalue weighted by Gasteiger charge is 2.31. The van der Waals surface area contributed by atoms with Crippen molar-refractivity contribution in [3.05, 3.63) is 34.3 Å². The lowest BCUT2D eigenvalue weighted by Gasteiger charge is -2.21. The summed E-state index contributed by atoms with van der Waals surface area (Å²) in [6.45, 7) is 7.47. The van der Waals surface area contributed by atoms with Crippen LogP contribution in [0.5, 0.6) is 0 Å². The van der Waals surface area contributed by atoms with Crippen molar-refractivity contribution in [2.45, 2.75) is 51.4 Å². The van der Waals surface area contributed by atoms with E-state index >= 15 is 0 Å². The molecule has 100 valence electrons. The van der Waals surface area contributed by atoms with Crippen molar-refractivity contribution in [3.8, 4) is 0 Å². The average Bonchev–Trinajstić information content (AvgIpc) is 2.66. The second-order valence-electron chi connectivity index (χ2n) is 5.72. The highest BCUT2D eigenvalue weighted by molar-refractivity contribution is 9.10. The molecular formula is C15H22BrNO. The number of hydrogen-bond acceptors (Lipinski definition) is 2. The molecule has 0 radical (unpaired) electrons. The minimum atomic E-state index is 0.0609. The molecule has 0 amide bonds. The highest BCUT2D eigenvalue weighted by Crippen LogP contribution is 2.29. The molecule has 1 unspecified atom stereocenters. The first-order valence-corrected chi connectivity index (χ1v) is 7.42. The molecular weight excluding hydrogens is 290 g/mol. The number of hydrogen-bond donors (Lipinski definition) is 1. The van der Waals surface area contributed by atoms with Gasteiger partial charge in [0.2, 0.25) is 0 Å². The van der Waals surface area contributed by atoms with Crippen LogP contribution in [0.3, 0.4) is 0 Å². The lowest BCUT2D eigenvalue weighted by Crippen LogP contribution is -2.31. The van der Waals surface area contributed by atoms with Crippen molar-refractivity contribution in [2.24, 2.45) is 0 Å². The Morgan fingerprint density at radius 2 is 2.28 bits per heavy atom. The van der Waals surface area contributed by atoms with Crippen LogP contribution in [0.25, 0.3) is 0 Å². The smallest absolute Gasteiger partial charge is 0.0708 e. The fourth-order valence-corrected chi connectivity index (χ4v) is 2.84. The summed E-state index contributed by atoms with van der Waals surface area (Å²) >= 11 is 3.51. The lowest BCUT2D eigenvalue weighted by atomic mass is 10.1. The van der Waals surface area contributed by atoms with Crippen molar-refractivity contribution in [2.75, 3.05) is 6.54 Å². The van der Waals surface area contributed by atoms with E-state index in [2.05, 4.69) is 66.3 Å². The number of rotatable bonds is 4. The van der Waals surface area contributed by atoms with E-state index in [1.807, 2.05) is 0 Å². The van der Waals surface area contributed by atoms with Crippen molar-refractivity contribution < 1.29 is 4.74 Å². The van der Waals surface area contributed by atoms with E-state index in [4.69, 9.17) is 4.74 Å². The third kappa shape index (κ3) is 3.81. The zero-order chi connectivity index (χ0) is 13.2. The van der Waals surface area contributed by atoms with Gasteiger partial charge in [0.1, 0.15) is 0 Å². The SMILES string of the molecule is C[C@@H](NCC1CCC(C)(C)O1)c1cccc(Br)c1. The van der Waals surface area contributed by atoms with Gasteiger partial charge in [-0.15, -0.1) is 0 Å². The van der Waals surface area contributed by atoms with Gasteiger partial charge >= 0.3 is 0 Å². The van der Waals surface area contributed by atoms with Crippen LogP contribution in [0, 0.1) is 0 Å². The first-order chi connectivity index (χ1) is 8.46. The summed E-state index contributed by atoms with van der Waals surface area (Å²) in [5, 5.41) is 3.56. The van der Waals surface area contributed by atoms with Gasteiger partial charge in [-0.05, 0) is 51.3 Å².